The van der Waals surface area contributed by atoms with Gasteiger partial charge in [-0.15, -0.1) is 0 Å². The Bertz CT molecular complexity index is 612. The van der Waals surface area contributed by atoms with Crippen molar-refractivity contribution in [2.24, 2.45) is 0 Å². The van der Waals surface area contributed by atoms with Crippen molar-refractivity contribution in [3.8, 4) is 5.75 Å². The molecule has 0 spiro atoms. The Kier molecular flexibility index (Phi) is 5.19. The second-order valence-electron chi connectivity index (χ2n) is 2.80. The SMILES string of the molecule is O=[N+]([O-])c1cc([N+](=O)[O-])c(O)c(S(=O)(=O)O)c1.[Na+]. The second kappa shape index (κ2) is 5.58. The summed E-state index contributed by atoms with van der Waals surface area (Å²) in [5.41, 5.74) is -2.13. The van der Waals surface area contributed by atoms with Crippen molar-refractivity contribution >= 4 is 21.5 Å². The number of phenols is 1. The number of hydrogen-bond donors (Lipinski definition) is 2. The summed E-state index contributed by atoms with van der Waals surface area (Å²) in [5.74, 6) is -1.36. The van der Waals surface area contributed by atoms with Gasteiger partial charge in [-0.2, -0.15) is 8.42 Å². The van der Waals surface area contributed by atoms with Crippen molar-refractivity contribution in [3.63, 3.8) is 0 Å². The van der Waals surface area contributed by atoms with Gasteiger partial charge in [0.2, 0.25) is 5.75 Å². The van der Waals surface area contributed by atoms with Crippen molar-refractivity contribution in [3.05, 3.63) is 32.4 Å². The predicted molar refractivity (Wildman–Crippen MR) is 51.2 cm³/mol. The smallest absolute Gasteiger partial charge is 0.501 e. The third-order valence-corrected chi connectivity index (χ3v) is 2.59. The quantitative estimate of drug-likeness (QED) is 0.266. The Morgan fingerprint density at radius 1 is 1.11 bits per heavy atom. The number of non-ortho nitro benzene ring substituents is 1. The van der Waals surface area contributed by atoms with Gasteiger partial charge >= 0.3 is 35.2 Å². The summed E-state index contributed by atoms with van der Waals surface area (Å²) in [4.78, 5) is 17.2. The minimum absolute atomic E-state index is 0. The van der Waals surface area contributed by atoms with Gasteiger partial charge < -0.3 is 5.11 Å². The maximum absolute atomic E-state index is 10.8. The fourth-order valence-electron chi connectivity index (χ4n) is 1.02. The molecule has 0 aromatic heterocycles. The second-order valence-corrected chi connectivity index (χ2v) is 4.19. The van der Waals surface area contributed by atoms with E-state index in [2.05, 4.69) is 0 Å². The minimum Gasteiger partial charge on any atom is -0.501 e. The van der Waals surface area contributed by atoms with Crippen molar-refractivity contribution in [2.75, 3.05) is 0 Å². The molecule has 0 aliphatic rings. The van der Waals surface area contributed by atoms with Crippen LogP contribution in [0.2, 0.25) is 0 Å². The Balaban J connectivity index is 0.00000289. The fraction of sp³-hybridized carbons (Fsp3) is 0. The van der Waals surface area contributed by atoms with Crippen molar-refractivity contribution in [1.29, 1.82) is 0 Å². The van der Waals surface area contributed by atoms with Crippen molar-refractivity contribution in [2.45, 2.75) is 4.90 Å². The molecule has 92 valence electrons. The monoisotopic (exact) mass is 287 g/mol. The van der Waals surface area contributed by atoms with Gasteiger partial charge in [-0.3, -0.25) is 24.8 Å². The first kappa shape index (κ1) is 16.7. The molecule has 0 atom stereocenters. The molecule has 0 unspecified atom stereocenters. The molecular formula is C6H4N2NaO8S+. The fourth-order valence-corrected chi connectivity index (χ4v) is 1.64. The van der Waals surface area contributed by atoms with Crippen LogP contribution < -0.4 is 29.6 Å². The molecule has 0 aliphatic heterocycles. The van der Waals surface area contributed by atoms with Crippen molar-refractivity contribution in [1.82, 2.24) is 0 Å². The van der Waals surface area contributed by atoms with Crippen molar-refractivity contribution < 1.29 is 57.5 Å². The maximum Gasteiger partial charge on any atom is 1.00 e. The van der Waals surface area contributed by atoms with Crippen LogP contribution in [0.25, 0.3) is 0 Å². The predicted octanol–water partition coefficient (Wildman–Crippen LogP) is -2.54. The number of aromatic hydroxyl groups is 1. The molecule has 1 rings (SSSR count). The molecule has 0 radical (unpaired) electrons. The van der Waals surface area contributed by atoms with E-state index in [0.29, 0.717) is 12.1 Å². The molecule has 0 amide bonds. The molecule has 0 fully saturated rings. The van der Waals surface area contributed by atoms with E-state index in [1.165, 1.54) is 0 Å². The summed E-state index contributed by atoms with van der Waals surface area (Å²) in [7, 11) is -5.00. The van der Waals surface area contributed by atoms with Crippen LogP contribution in [0.1, 0.15) is 0 Å². The normalized spacial score (nSPS) is 10.5. The molecule has 0 aliphatic carbocycles. The van der Waals surface area contributed by atoms with E-state index in [1.807, 2.05) is 0 Å². The zero-order chi connectivity index (χ0) is 13.4. The maximum atomic E-state index is 10.8. The Morgan fingerprint density at radius 2 is 1.61 bits per heavy atom. The van der Waals surface area contributed by atoms with Gasteiger partial charge in [0.25, 0.3) is 15.8 Å². The molecule has 2 N–H and O–H groups in total. The third-order valence-electron chi connectivity index (χ3n) is 1.73. The average Bonchev–Trinajstić information content (AvgIpc) is 2.15. The van der Waals surface area contributed by atoms with Crippen LogP contribution in [0, 0.1) is 20.2 Å². The summed E-state index contributed by atoms with van der Waals surface area (Å²) in [6, 6.07) is 0.696. The first-order valence-corrected chi connectivity index (χ1v) is 5.22. The van der Waals surface area contributed by atoms with Crippen LogP contribution in [0.15, 0.2) is 17.0 Å². The summed E-state index contributed by atoms with van der Waals surface area (Å²) >= 11 is 0. The number of nitrogens with zero attached hydrogens (tertiary/aromatic N) is 2. The van der Waals surface area contributed by atoms with E-state index in [1.54, 1.807) is 0 Å². The van der Waals surface area contributed by atoms with E-state index < -0.39 is 42.0 Å². The van der Waals surface area contributed by atoms with Gasteiger partial charge in [0.15, 0.2) is 0 Å². The van der Waals surface area contributed by atoms with Gasteiger partial charge in [-0.25, -0.2) is 0 Å². The molecule has 18 heavy (non-hydrogen) atoms. The largest absolute Gasteiger partial charge is 1.00 e. The molecule has 1 aromatic rings. The van der Waals surface area contributed by atoms with E-state index in [9.17, 15) is 33.8 Å². The molecule has 10 nitrogen and oxygen atoms in total. The standard InChI is InChI=1S/C6H4N2O8S.Na/c9-6-4(8(12)13)1-3(7(10)11)2-5(6)17(14,15)16;/h1-2,9H,(H,14,15,16);/q;+1. The number of hydrogen-bond acceptors (Lipinski definition) is 7. The van der Waals surface area contributed by atoms with Crippen LogP contribution in [0.4, 0.5) is 11.4 Å². The molecule has 12 heteroatoms. The van der Waals surface area contributed by atoms with E-state index in [0.717, 1.165) is 0 Å². The molecular weight excluding hydrogens is 283 g/mol. The Morgan fingerprint density at radius 3 is 1.94 bits per heavy atom. The Hall–Kier alpha value is -1.27. The molecule has 0 heterocycles. The molecule has 0 bridgehead atoms. The zero-order valence-electron chi connectivity index (χ0n) is 8.80. The van der Waals surface area contributed by atoms with Crippen LogP contribution in [-0.4, -0.2) is 27.9 Å². The van der Waals surface area contributed by atoms with E-state index in [-0.39, 0.29) is 29.6 Å². The summed E-state index contributed by atoms with van der Waals surface area (Å²) in [5, 5.41) is 30.0. The number of benzene rings is 1. The third kappa shape index (κ3) is 3.36. The summed E-state index contributed by atoms with van der Waals surface area (Å²) < 4.78 is 30.2. The average molecular weight is 287 g/mol. The van der Waals surface area contributed by atoms with Crippen LogP contribution in [-0.2, 0) is 10.1 Å². The minimum atomic E-state index is -5.00. The number of nitro benzene ring substituents is 2. The first-order valence-electron chi connectivity index (χ1n) is 3.78. The van der Waals surface area contributed by atoms with Crippen LogP contribution >= 0.6 is 0 Å². The van der Waals surface area contributed by atoms with E-state index in [4.69, 9.17) is 4.55 Å². The zero-order valence-corrected chi connectivity index (χ0v) is 11.6. The van der Waals surface area contributed by atoms with Gasteiger partial charge in [0, 0.05) is 6.07 Å². The van der Waals surface area contributed by atoms with E-state index >= 15 is 0 Å². The van der Waals surface area contributed by atoms with Gasteiger partial charge in [-0.05, 0) is 0 Å². The van der Waals surface area contributed by atoms with Crippen LogP contribution in [0.3, 0.4) is 0 Å². The molecule has 0 saturated heterocycles. The molecule has 0 saturated carbocycles. The topological polar surface area (TPSA) is 161 Å². The van der Waals surface area contributed by atoms with Crippen LogP contribution in [0.5, 0.6) is 5.75 Å². The van der Waals surface area contributed by atoms with Gasteiger partial charge in [0.05, 0.1) is 15.9 Å². The number of phenolic OH excluding ortho intramolecular Hbond substituents is 1. The van der Waals surface area contributed by atoms with Gasteiger partial charge in [-0.1, -0.05) is 0 Å². The summed E-state index contributed by atoms with van der Waals surface area (Å²) in [6.45, 7) is 0. The van der Waals surface area contributed by atoms with Gasteiger partial charge in [0.1, 0.15) is 4.90 Å². The molecule has 1 aromatic carbocycles. The number of nitro groups is 2. The number of rotatable bonds is 3. The summed E-state index contributed by atoms with van der Waals surface area (Å²) in [6.07, 6.45) is 0. The first-order chi connectivity index (χ1) is 7.64. The Labute approximate surface area is 122 Å².